The Bertz CT molecular complexity index is 1510. The lowest BCUT2D eigenvalue weighted by Crippen LogP contribution is -2.38. The molecule has 4 aromatic carbocycles. The van der Waals surface area contributed by atoms with Crippen LogP contribution in [0.25, 0.3) is 0 Å². The second-order valence-electron chi connectivity index (χ2n) is 10.1. The molecule has 3 amide bonds. The molecule has 0 saturated heterocycles. The van der Waals surface area contributed by atoms with Crippen molar-refractivity contribution in [3.05, 3.63) is 155 Å². The fraction of sp³-hybridized carbons (Fsp3) is 0.189. The van der Waals surface area contributed by atoms with Crippen LogP contribution in [0.4, 0.5) is 4.79 Å². The number of nitrogens with two attached hydrogens (primary N) is 1. The van der Waals surface area contributed by atoms with E-state index >= 15 is 0 Å². The van der Waals surface area contributed by atoms with Crippen molar-refractivity contribution >= 4 is 11.9 Å². The fourth-order valence-corrected chi connectivity index (χ4v) is 4.47. The minimum Gasteiger partial charge on any atom is -0.368 e. The van der Waals surface area contributed by atoms with Crippen LogP contribution in [-0.2, 0) is 37.4 Å². The van der Waals surface area contributed by atoms with Gasteiger partial charge in [-0.25, -0.2) is 4.79 Å². The summed E-state index contributed by atoms with van der Waals surface area (Å²) in [6.45, 7) is 7.32. The maximum absolute atomic E-state index is 13.3. The lowest BCUT2D eigenvalue weighted by Gasteiger charge is -2.18. The molecular weight excluding hydrogens is 546 g/mol. The molecule has 4 rings (SSSR count). The molecule has 0 heterocycles. The summed E-state index contributed by atoms with van der Waals surface area (Å²) in [5.41, 5.74) is 11.8. The lowest BCUT2D eigenvalue weighted by atomic mass is 9.91. The highest BCUT2D eigenvalue weighted by Gasteiger charge is 2.20. The van der Waals surface area contributed by atoms with Crippen LogP contribution in [0.15, 0.2) is 122 Å². The van der Waals surface area contributed by atoms with E-state index in [1.54, 1.807) is 6.92 Å². The molecule has 226 valence electrons. The Balaban J connectivity index is 0.00000169. The van der Waals surface area contributed by atoms with Crippen molar-refractivity contribution in [2.45, 2.75) is 45.4 Å². The third-order valence-electron chi connectivity index (χ3n) is 6.74. The average Bonchev–Trinajstić information content (AvgIpc) is 3.06. The molecule has 0 aliphatic rings. The predicted octanol–water partition coefficient (Wildman–Crippen LogP) is 5.49. The van der Waals surface area contributed by atoms with Crippen molar-refractivity contribution in [1.82, 2.24) is 21.3 Å². The van der Waals surface area contributed by atoms with Crippen LogP contribution in [-0.4, -0.2) is 11.9 Å². The van der Waals surface area contributed by atoms with E-state index in [-0.39, 0.29) is 17.9 Å². The Morgan fingerprint density at radius 2 is 1.25 bits per heavy atom. The van der Waals surface area contributed by atoms with Gasteiger partial charge in [0.15, 0.2) is 0 Å². The van der Waals surface area contributed by atoms with E-state index in [4.69, 9.17) is 5.73 Å². The smallest absolute Gasteiger partial charge is 0.320 e. The van der Waals surface area contributed by atoms with E-state index in [2.05, 4.69) is 40.2 Å². The fourth-order valence-electron chi connectivity index (χ4n) is 4.47. The molecule has 7 nitrogen and oxygen atoms in total. The zero-order chi connectivity index (χ0) is 31.6. The van der Waals surface area contributed by atoms with E-state index in [1.165, 1.54) is 0 Å². The molecule has 7 heteroatoms. The molecule has 0 radical (unpaired) electrons. The highest BCUT2D eigenvalue weighted by Crippen LogP contribution is 2.21. The van der Waals surface area contributed by atoms with E-state index in [9.17, 15) is 9.59 Å². The molecule has 0 aliphatic heterocycles. The molecule has 0 saturated carbocycles. The van der Waals surface area contributed by atoms with E-state index < -0.39 is 0 Å². The van der Waals surface area contributed by atoms with Crippen LogP contribution in [0.1, 0.15) is 46.2 Å². The number of benzene rings is 4. The third-order valence-corrected chi connectivity index (χ3v) is 6.74. The summed E-state index contributed by atoms with van der Waals surface area (Å²) in [5.74, 6) is 2.35. The van der Waals surface area contributed by atoms with Crippen molar-refractivity contribution in [3.8, 4) is 12.3 Å². The molecular formula is C37H41N5O2. The number of nitrogens with one attached hydrogen (secondary N) is 4. The summed E-state index contributed by atoms with van der Waals surface area (Å²) < 4.78 is 0. The van der Waals surface area contributed by atoms with Gasteiger partial charge in [-0.2, -0.15) is 0 Å². The first-order chi connectivity index (χ1) is 21.4. The van der Waals surface area contributed by atoms with Gasteiger partial charge in [0.05, 0.1) is 11.7 Å². The number of carbonyl (C=O) groups excluding carboxylic acids is 2. The Morgan fingerprint density at radius 3 is 1.86 bits per heavy atom. The summed E-state index contributed by atoms with van der Waals surface area (Å²) in [6, 6.07) is 35.3. The van der Waals surface area contributed by atoms with Crippen LogP contribution in [0.5, 0.6) is 0 Å². The normalized spacial score (nSPS) is 10.7. The highest BCUT2D eigenvalue weighted by molar-refractivity contribution is 5.84. The van der Waals surface area contributed by atoms with Crippen LogP contribution in [0, 0.1) is 12.3 Å². The molecule has 4 aromatic rings. The van der Waals surface area contributed by atoms with Gasteiger partial charge < -0.3 is 21.7 Å². The highest BCUT2D eigenvalue weighted by atomic mass is 16.2. The van der Waals surface area contributed by atoms with Crippen LogP contribution >= 0.6 is 0 Å². The van der Waals surface area contributed by atoms with Crippen molar-refractivity contribution in [1.29, 1.82) is 0 Å². The number of hydrogen-bond donors (Lipinski definition) is 5. The van der Waals surface area contributed by atoms with Gasteiger partial charge in [-0.05, 0) is 46.7 Å². The summed E-state index contributed by atoms with van der Waals surface area (Å²) in [7, 11) is 0. The van der Waals surface area contributed by atoms with Gasteiger partial charge in [0.1, 0.15) is 0 Å². The van der Waals surface area contributed by atoms with Crippen LogP contribution in [0.2, 0.25) is 0 Å². The Kier molecular flexibility index (Phi) is 13.8. The monoisotopic (exact) mass is 587 g/mol. The second kappa shape index (κ2) is 18.3. The van der Waals surface area contributed by atoms with Crippen molar-refractivity contribution in [3.63, 3.8) is 0 Å². The Morgan fingerprint density at radius 1 is 0.727 bits per heavy atom. The van der Waals surface area contributed by atoms with Gasteiger partial charge in [0.25, 0.3) is 0 Å². The minimum absolute atomic E-state index is 0.0116. The Labute approximate surface area is 261 Å². The van der Waals surface area contributed by atoms with E-state index in [1.807, 2.05) is 109 Å². The first-order valence-corrected chi connectivity index (χ1v) is 14.5. The average molecular weight is 588 g/mol. The molecule has 0 fully saturated rings. The number of urea groups is 1. The first kappa shape index (κ1) is 33.2. The zero-order valence-electron chi connectivity index (χ0n) is 25.2. The lowest BCUT2D eigenvalue weighted by molar-refractivity contribution is -0.122. The third kappa shape index (κ3) is 11.5. The quantitative estimate of drug-likeness (QED) is 0.133. The van der Waals surface area contributed by atoms with Gasteiger partial charge in [0.2, 0.25) is 5.91 Å². The predicted molar refractivity (Wildman–Crippen MR) is 178 cm³/mol. The summed E-state index contributed by atoms with van der Waals surface area (Å²) in [5, 5.41) is 11.8. The summed E-state index contributed by atoms with van der Waals surface area (Å²) in [4.78, 5) is 25.6. The SMILES string of the molecule is C#CC.C=C(NCc1cccc(CNC(=O)C(Cc2ccccc2)c2ccccc2)c1)NC(=O)NCc1ccc(CN)cc1. The van der Waals surface area contributed by atoms with Crippen LogP contribution in [0.3, 0.4) is 0 Å². The van der Waals surface area contributed by atoms with Crippen molar-refractivity contribution in [2.24, 2.45) is 5.73 Å². The minimum atomic E-state index is -0.342. The largest absolute Gasteiger partial charge is 0.368 e. The summed E-state index contributed by atoms with van der Waals surface area (Å²) in [6.07, 6.45) is 5.23. The van der Waals surface area contributed by atoms with Gasteiger partial charge in [-0.1, -0.05) is 116 Å². The first-order valence-electron chi connectivity index (χ1n) is 14.5. The number of hydrogen-bond acceptors (Lipinski definition) is 4. The van der Waals surface area contributed by atoms with E-state index in [0.717, 1.165) is 33.4 Å². The molecule has 1 unspecified atom stereocenters. The molecule has 44 heavy (non-hydrogen) atoms. The summed E-state index contributed by atoms with van der Waals surface area (Å²) >= 11 is 0. The molecule has 0 spiro atoms. The molecule has 0 bridgehead atoms. The van der Waals surface area contributed by atoms with Gasteiger partial charge in [-0.15, -0.1) is 12.3 Å². The van der Waals surface area contributed by atoms with Crippen molar-refractivity contribution in [2.75, 3.05) is 0 Å². The number of amides is 3. The van der Waals surface area contributed by atoms with Gasteiger partial charge >= 0.3 is 6.03 Å². The molecule has 6 N–H and O–H groups in total. The maximum Gasteiger partial charge on any atom is 0.320 e. The Hall–Kier alpha value is -5.32. The molecule has 1 atom stereocenters. The maximum atomic E-state index is 13.3. The zero-order valence-corrected chi connectivity index (χ0v) is 25.2. The molecule has 0 aliphatic carbocycles. The van der Waals surface area contributed by atoms with Crippen LogP contribution < -0.4 is 27.0 Å². The van der Waals surface area contributed by atoms with E-state index in [0.29, 0.717) is 38.4 Å². The topological polar surface area (TPSA) is 108 Å². The standard InChI is InChI=1S/C34H37N5O2.C3H4/c1-25(39-34(41)38-22-28-17-15-27(21-35)16-18-28)36-23-29-11-8-12-30(19-29)24-37-33(40)32(31-13-6-3-7-14-31)20-26-9-4-2-5-10-26;1-3-2/h2-19,32,36H,1,20-24,35H2,(H,37,40)(H2,38,39,41);1H,2H3. The molecule has 0 aromatic heterocycles. The second-order valence-corrected chi connectivity index (χ2v) is 10.1. The number of terminal acetylenes is 1. The number of rotatable bonds is 13. The van der Waals surface area contributed by atoms with Gasteiger partial charge in [0, 0.05) is 26.2 Å². The number of carbonyl (C=O) groups is 2. The van der Waals surface area contributed by atoms with Gasteiger partial charge in [-0.3, -0.25) is 10.1 Å². The van der Waals surface area contributed by atoms with Crippen molar-refractivity contribution < 1.29 is 9.59 Å².